The molecule has 0 fully saturated rings. The largest absolute Gasteiger partial charge is 0.310 e. The molecule has 4 heteroatoms. The third-order valence-corrected chi connectivity index (χ3v) is 13.4. The molecule has 0 atom stereocenters. The van der Waals surface area contributed by atoms with Crippen LogP contribution in [0.2, 0.25) is 0 Å². The van der Waals surface area contributed by atoms with E-state index in [2.05, 4.69) is 228 Å². The van der Waals surface area contributed by atoms with Gasteiger partial charge in [-0.2, -0.15) is 0 Å². The third kappa shape index (κ3) is 6.20. The first-order valence-corrected chi connectivity index (χ1v) is 21.2. The fourth-order valence-electron chi connectivity index (χ4n) is 8.22. The predicted molar refractivity (Wildman–Crippen MR) is 252 cm³/mol. The van der Waals surface area contributed by atoms with Crippen molar-refractivity contribution in [3.8, 4) is 22.3 Å². The van der Waals surface area contributed by atoms with Crippen LogP contribution in [0.15, 0.2) is 218 Å². The molecule has 0 spiro atoms. The SMILES string of the molecule is c1ccc(-c2ccc(N(c3ccccc3)c3ccc4sc5ccc(N(c6ccc(-c7ccccc7)cc6)c6ccc7sc8ccccc8c7c6)cc5c4c3)cc2)cc1. The molecule has 274 valence electrons. The van der Waals surface area contributed by atoms with E-state index in [-0.39, 0.29) is 0 Å². The predicted octanol–water partition coefficient (Wildman–Crippen LogP) is 16.7. The van der Waals surface area contributed by atoms with Gasteiger partial charge in [-0.1, -0.05) is 121 Å². The van der Waals surface area contributed by atoms with E-state index >= 15 is 0 Å². The zero-order chi connectivity index (χ0) is 38.4. The number of para-hydroxylation sites is 1. The molecule has 11 aromatic rings. The Morgan fingerprint density at radius 3 is 1.00 bits per heavy atom. The van der Waals surface area contributed by atoms with E-state index in [1.54, 1.807) is 0 Å². The number of anilines is 6. The van der Waals surface area contributed by atoms with E-state index in [4.69, 9.17) is 0 Å². The molecule has 0 aliphatic rings. The zero-order valence-electron chi connectivity index (χ0n) is 31.5. The molecule has 0 aliphatic heterocycles. The average Bonchev–Trinajstić information content (AvgIpc) is 3.86. The van der Waals surface area contributed by atoms with E-state index in [1.165, 1.54) is 62.6 Å². The van der Waals surface area contributed by atoms with Crippen LogP contribution >= 0.6 is 22.7 Å². The van der Waals surface area contributed by atoms with Crippen LogP contribution in [0, 0.1) is 0 Å². The smallest absolute Gasteiger partial charge is 0.0468 e. The van der Waals surface area contributed by atoms with Gasteiger partial charge in [0.15, 0.2) is 0 Å². The van der Waals surface area contributed by atoms with Crippen molar-refractivity contribution in [2.75, 3.05) is 9.80 Å². The lowest BCUT2D eigenvalue weighted by Gasteiger charge is -2.26. The molecule has 0 unspecified atom stereocenters. The van der Waals surface area contributed by atoms with Crippen molar-refractivity contribution in [1.29, 1.82) is 0 Å². The summed E-state index contributed by atoms with van der Waals surface area (Å²) in [5, 5.41) is 5.08. The van der Waals surface area contributed by atoms with Gasteiger partial charge < -0.3 is 9.80 Å². The first-order valence-electron chi connectivity index (χ1n) is 19.6. The first kappa shape index (κ1) is 34.3. The van der Waals surface area contributed by atoms with Crippen molar-refractivity contribution in [3.05, 3.63) is 218 Å². The Morgan fingerprint density at radius 1 is 0.224 bits per heavy atom. The Bertz CT molecular complexity index is 3210. The van der Waals surface area contributed by atoms with Crippen molar-refractivity contribution < 1.29 is 0 Å². The molecule has 2 nitrogen and oxygen atoms in total. The highest BCUT2D eigenvalue weighted by Gasteiger charge is 2.19. The minimum absolute atomic E-state index is 1.12. The summed E-state index contributed by atoms with van der Waals surface area (Å²) in [6.07, 6.45) is 0. The summed E-state index contributed by atoms with van der Waals surface area (Å²) in [5.41, 5.74) is 11.6. The van der Waals surface area contributed by atoms with Crippen LogP contribution in [0.1, 0.15) is 0 Å². The number of hydrogen-bond donors (Lipinski definition) is 0. The van der Waals surface area contributed by atoms with Gasteiger partial charge in [-0.05, 0) is 119 Å². The van der Waals surface area contributed by atoms with Crippen LogP contribution < -0.4 is 9.80 Å². The maximum Gasteiger partial charge on any atom is 0.0468 e. The Hall–Kier alpha value is -6.98. The Labute approximate surface area is 345 Å². The quantitative estimate of drug-likeness (QED) is 0.152. The molecule has 0 radical (unpaired) electrons. The Balaban J connectivity index is 1.05. The molecule has 2 heterocycles. The molecule has 0 amide bonds. The van der Waals surface area contributed by atoms with Gasteiger partial charge in [-0.3, -0.25) is 0 Å². The van der Waals surface area contributed by atoms with Gasteiger partial charge in [0.2, 0.25) is 0 Å². The van der Waals surface area contributed by atoms with Gasteiger partial charge in [-0.25, -0.2) is 0 Å². The van der Waals surface area contributed by atoms with Crippen molar-refractivity contribution in [1.82, 2.24) is 0 Å². The lowest BCUT2D eigenvalue weighted by Crippen LogP contribution is -2.10. The Kier molecular flexibility index (Phi) is 8.58. The summed E-state index contributed by atoms with van der Waals surface area (Å²) in [4.78, 5) is 4.78. The summed E-state index contributed by atoms with van der Waals surface area (Å²) in [6.45, 7) is 0. The van der Waals surface area contributed by atoms with Crippen molar-refractivity contribution >= 4 is 97.1 Å². The van der Waals surface area contributed by atoms with Crippen LogP contribution in [-0.4, -0.2) is 0 Å². The molecule has 2 aromatic heterocycles. The molecule has 0 saturated heterocycles. The maximum atomic E-state index is 2.41. The second kappa shape index (κ2) is 14.5. The number of rotatable bonds is 8. The minimum atomic E-state index is 1.12. The fourth-order valence-corrected chi connectivity index (χ4v) is 10.4. The topological polar surface area (TPSA) is 6.48 Å². The molecular weight excluding hydrogens is 741 g/mol. The molecule has 0 aliphatic carbocycles. The molecular formula is C54H36N2S2. The normalized spacial score (nSPS) is 11.4. The highest BCUT2D eigenvalue weighted by Crippen LogP contribution is 2.45. The first-order chi connectivity index (χ1) is 28.7. The van der Waals surface area contributed by atoms with Crippen molar-refractivity contribution in [2.24, 2.45) is 0 Å². The van der Waals surface area contributed by atoms with Gasteiger partial charge >= 0.3 is 0 Å². The van der Waals surface area contributed by atoms with E-state index in [0.29, 0.717) is 0 Å². The highest BCUT2D eigenvalue weighted by atomic mass is 32.1. The van der Waals surface area contributed by atoms with Gasteiger partial charge in [0.1, 0.15) is 0 Å². The summed E-state index contributed by atoms with van der Waals surface area (Å²) in [7, 11) is 0. The lowest BCUT2D eigenvalue weighted by atomic mass is 10.0. The zero-order valence-corrected chi connectivity index (χ0v) is 33.1. The van der Waals surface area contributed by atoms with Crippen LogP contribution in [0.5, 0.6) is 0 Å². The molecule has 9 aromatic carbocycles. The molecule has 0 N–H and O–H groups in total. The van der Waals surface area contributed by atoms with Gasteiger partial charge in [0.25, 0.3) is 0 Å². The van der Waals surface area contributed by atoms with E-state index in [0.717, 1.165) is 34.1 Å². The number of fused-ring (bicyclic) bond motifs is 6. The van der Waals surface area contributed by atoms with Crippen LogP contribution in [0.25, 0.3) is 62.6 Å². The number of hydrogen-bond acceptors (Lipinski definition) is 4. The highest BCUT2D eigenvalue weighted by molar-refractivity contribution is 7.26. The van der Waals surface area contributed by atoms with E-state index in [1.807, 2.05) is 22.7 Å². The standard InChI is InChI=1S/C54H36N2S2/c1-4-12-37(13-5-1)39-20-24-42(25-21-39)55(41-16-8-3-9-17-41)44-28-32-53-49(35-44)50-36-46(30-33-54(50)58-53)56(43-26-22-40(23-27-43)38-14-6-2-7-15-38)45-29-31-52-48(34-45)47-18-10-11-19-51(47)57-52/h1-36H. The van der Waals surface area contributed by atoms with Gasteiger partial charge in [0.05, 0.1) is 0 Å². The second-order valence-electron chi connectivity index (χ2n) is 14.6. The summed E-state index contributed by atoms with van der Waals surface area (Å²) in [5.74, 6) is 0. The summed E-state index contributed by atoms with van der Waals surface area (Å²) < 4.78 is 5.15. The van der Waals surface area contributed by atoms with Gasteiger partial charge in [0, 0.05) is 74.5 Å². The molecule has 58 heavy (non-hydrogen) atoms. The van der Waals surface area contributed by atoms with Gasteiger partial charge in [-0.15, -0.1) is 22.7 Å². The molecule has 0 bridgehead atoms. The lowest BCUT2D eigenvalue weighted by molar-refractivity contribution is 1.29. The fraction of sp³-hybridized carbons (Fsp3) is 0. The van der Waals surface area contributed by atoms with Crippen molar-refractivity contribution in [2.45, 2.75) is 0 Å². The molecule has 0 saturated carbocycles. The van der Waals surface area contributed by atoms with Crippen molar-refractivity contribution in [3.63, 3.8) is 0 Å². The van der Waals surface area contributed by atoms with Crippen LogP contribution in [0.3, 0.4) is 0 Å². The second-order valence-corrected chi connectivity index (χ2v) is 16.7. The number of nitrogens with zero attached hydrogens (tertiary/aromatic N) is 2. The molecule has 11 rings (SSSR count). The maximum absolute atomic E-state index is 2.41. The van der Waals surface area contributed by atoms with Crippen LogP contribution in [0.4, 0.5) is 34.1 Å². The third-order valence-electron chi connectivity index (χ3n) is 11.1. The summed E-state index contributed by atoms with van der Waals surface area (Å²) >= 11 is 3.71. The van der Waals surface area contributed by atoms with E-state index in [9.17, 15) is 0 Å². The van der Waals surface area contributed by atoms with E-state index < -0.39 is 0 Å². The Morgan fingerprint density at radius 2 is 0.534 bits per heavy atom. The monoisotopic (exact) mass is 776 g/mol. The minimum Gasteiger partial charge on any atom is -0.310 e. The summed E-state index contributed by atoms with van der Waals surface area (Å²) in [6, 6.07) is 79.4. The van der Waals surface area contributed by atoms with Crippen LogP contribution in [-0.2, 0) is 0 Å². The number of benzene rings is 9. The number of thiophene rings is 2. The average molecular weight is 777 g/mol.